The second-order valence-corrected chi connectivity index (χ2v) is 7.31. The van der Waals surface area contributed by atoms with Gasteiger partial charge in [-0.25, -0.2) is 0 Å². The van der Waals surface area contributed by atoms with Crippen molar-refractivity contribution < 1.29 is 9.53 Å². The molecule has 0 saturated heterocycles. The van der Waals surface area contributed by atoms with Crippen molar-refractivity contribution in [2.75, 3.05) is 13.2 Å². The smallest absolute Gasteiger partial charge is 0.261 e. The molecule has 0 bridgehead atoms. The molecule has 1 heterocycles. The summed E-state index contributed by atoms with van der Waals surface area (Å²) in [6, 6.07) is 17.4. The minimum absolute atomic E-state index is 0.0831. The summed E-state index contributed by atoms with van der Waals surface area (Å²) in [5.41, 5.74) is 3.08. The number of rotatable bonds is 8. The number of nitriles is 1. The third-order valence-electron chi connectivity index (χ3n) is 4.49. The minimum atomic E-state index is -0.368. The molecule has 0 saturated carbocycles. The number of ether oxygens (including phenoxy) is 1. The van der Waals surface area contributed by atoms with Crippen molar-refractivity contribution in [3.05, 3.63) is 71.4 Å². The van der Waals surface area contributed by atoms with Gasteiger partial charge in [0, 0.05) is 23.6 Å². The second kappa shape index (κ2) is 9.61. The monoisotopic (exact) mass is 387 g/mol. The first-order chi connectivity index (χ1) is 14.1. The van der Waals surface area contributed by atoms with E-state index in [-0.39, 0.29) is 11.5 Å². The Bertz CT molecular complexity index is 1040. The van der Waals surface area contributed by atoms with Gasteiger partial charge in [0.05, 0.1) is 6.61 Å². The van der Waals surface area contributed by atoms with Crippen LogP contribution in [-0.4, -0.2) is 24.0 Å². The SMILES string of the molecule is CC(C)COc1ccc(C=C(C#N)C(=O)NCCc2c[nH]c3ccccc23)cc1. The van der Waals surface area contributed by atoms with Crippen LogP contribution in [0.15, 0.2) is 60.3 Å². The zero-order valence-corrected chi connectivity index (χ0v) is 16.7. The summed E-state index contributed by atoms with van der Waals surface area (Å²) in [4.78, 5) is 15.6. The summed E-state index contributed by atoms with van der Waals surface area (Å²) in [6.07, 6.45) is 4.24. The minimum Gasteiger partial charge on any atom is -0.493 e. The number of H-pyrrole nitrogens is 1. The second-order valence-electron chi connectivity index (χ2n) is 7.31. The fraction of sp³-hybridized carbons (Fsp3) is 0.250. The van der Waals surface area contributed by atoms with Crippen LogP contribution in [-0.2, 0) is 11.2 Å². The third-order valence-corrected chi connectivity index (χ3v) is 4.49. The molecule has 0 aliphatic rings. The van der Waals surface area contributed by atoms with Crippen LogP contribution < -0.4 is 10.1 Å². The van der Waals surface area contributed by atoms with E-state index in [0.717, 1.165) is 27.8 Å². The highest BCUT2D eigenvalue weighted by atomic mass is 16.5. The number of benzene rings is 2. The average Bonchev–Trinajstić information content (AvgIpc) is 3.14. The summed E-state index contributed by atoms with van der Waals surface area (Å²) in [7, 11) is 0. The number of carbonyl (C=O) groups is 1. The molecule has 3 rings (SSSR count). The Hall–Kier alpha value is -3.52. The van der Waals surface area contributed by atoms with Crippen LogP contribution in [0.1, 0.15) is 25.0 Å². The lowest BCUT2D eigenvalue weighted by Crippen LogP contribution is -2.26. The number of aromatic amines is 1. The Morgan fingerprint density at radius 2 is 1.97 bits per heavy atom. The lowest BCUT2D eigenvalue weighted by atomic mass is 10.1. The molecule has 0 unspecified atom stereocenters. The van der Waals surface area contributed by atoms with Gasteiger partial charge in [-0.1, -0.05) is 44.2 Å². The molecule has 3 aromatic rings. The number of aromatic nitrogens is 1. The van der Waals surface area contributed by atoms with E-state index in [1.165, 1.54) is 0 Å². The fourth-order valence-electron chi connectivity index (χ4n) is 2.98. The quantitative estimate of drug-likeness (QED) is 0.442. The largest absolute Gasteiger partial charge is 0.493 e. The Morgan fingerprint density at radius 3 is 2.69 bits per heavy atom. The van der Waals surface area contributed by atoms with Gasteiger partial charge in [-0.3, -0.25) is 4.79 Å². The number of hydrogen-bond acceptors (Lipinski definition) is 3. The van der Waals surface area contributed by atoms with Crippen molar-refractivity contribution >= 4 is 22.9 Å². The highest BCUT2D eigenvalue weighted by Crippen LogP contribution is 2.18. The number of fused-ring (bicyclic) bond motifs is 1. The molecular weight excluding hydrogens is 362 g/mol. The van der Waals surface area contributed by atoms with E-state index in [4.69, 9.17) is 4.74 Å². The maximum atomic E-state index is 12.4. The predicted molar refractivity (Wildman–Crippen MR) is 115 cm³/mol. The Morgan fingerprint density at radius 1 is 1.21 bits per heavy atom. The fourth-order valence-corrected chi connectivity index (χ4v) is 2.98. The first kappa shape index (κ1) is 20.2. The van der Waals surface area contributed by atoms with E-state index in [9.17, 15) is 10.1 Å². The van der Waals surface area contributed by atoms with Gasteiger partial charge >= 0.3 is 0 Å². The van der Waals surface area contributed by atoms with Gasteiger partial charge in [0.1, 0.15) is 17.4 Å². The normalized spacial score (nSPS) is 11.4. The predicted octanol–water partition coefficient (Wildman–Crippen LogP) is 4.47. The summed E-state index contributed by atoms with van der Waals surface area (Å²) < 4.78 is 5.65. The number of carbonyl (C=O) groups excluding carboxylic acids is 1. The molecule has 0 radical (unpaired) electrons. The molecule has 1 amide bonds. The standard InChI is InChI=1S/C24H25N3O2/c1-17(2)16-29-21-9-7-18(8-10-21)13-20(14-25)24(28)26-12-11-19-15-27-23-6-4-3-5-22(19)23/h3-10,13,15,17,27H,11-12,16H2,1-2H3,(H,26,28). The summed E-state index contributed by atoms with van der Waals surface area (Å²) >= 11 is 0. The van der Waals surface area contributed by atoms with E-state index in [1.807, 2.05) is 54.7 Å². The van der Waals surface area contributed by atoms with Crippen LogP contribution in [0.2, 0.25) is 0 Å². The molecule has 148 valence electrons. The Kier molecular flexibility index (Phi) is 6.70. The highest BCUT2D eigenvalue weighted by Gasteiger charge is 2.10. The van der Waals surface area contributed by atoms with Crippen molar-refractivity contribution in [1.82, 2.24) is 10.3 Å². The van der Waals surface area contributed by atoms with Crippen molar-refractivity contribution in [2.45, 2.75) is 20.3 Å². The van der Waals surface area contributed by atoms with E-state index < -0.39 is 0 Å². The zero-order valence-electron chi connectivity index (χ0n) is 16.7. The maximum absolute atomic E-state index is 12.4. The maximum Gasteiger partial charge on any atom is 0.261 e. The molecule has 2 aromatic carbocycles. The number of hydrogen-bond donors (Lipinski definition) is 2. The molecule has 0 aliphatic carbocycles. The Balaban J connectivity index is 1.57. The van der Waals surface area contributed by atoms with Crippen LogP contribution in [0.25, 0.3) is 17.0 Å². The van der Waals surface area contributed by atoms with E-state index >= 15 is 0 Å². The highest BCUT2D eigenvalue weighted by molar-refractivity contribution is 6.01. The van der Waals surface area contributed by atoms with Gasteiger partial charge < -0.3 is 15.0 Å². The van der Waals surface area contributed by atoms with Gasteiger partial charge in [0.15, 0.2) is 0 Å². The molecule has 0 atom stereocenters. The molecule has 0 spiro atoms. The zero-order chi connectivity index (χ0) is 20.6. The van der Waals surface area contributed by atoms with Gasteiger partial charge in [-0.15, -0.1) is 0 Å². The first-order valence-corrected chi connectivity index (χ1v) is 9.74. The molecule has 2 N–H and O–H groups in total. The lowest BCUT2D eigenvalue weighted by molar-refractivity contribution is -0.117. The lowest BCUT2D eigenvalue weighted by Gasteiger charge is -2.08. The topological polar surface area (TPSA) is 77.9 Å². The van der Waals surface area contributed by atoms with E-state index in [1.54, 1.807) is 6.08 Å². The van der Waals surface area contributed by atoms with Crippen LogP contribution in [0.3, 0.4) is 0 Å². The first-order valence-electron chi connectivity index (χ1n) is 9.74. The van der Waals surface area contributed by atoms with E-state index in [2.05, 4.69) is 30.2 Å². The number of para-hydroxylation sites is 1. The van der Waals surface area contributed by atoms with Crippen molar-refractivity contribution in [2.24, 2.45) is 5.92 Å². The van der Waals surface area contributed by atoms with Crippen molar-refractivity contribution in [3.63, 3.8) is 0 Å². The third kappa shape index (κ3) is 5.49. The number of nitrogens with one attached hydrogen (secondary N) is 2. The number of nitrogens with zero attached hydrogens (tertiary/aromatic N) is 1. The average molecular weight is 387 g/mol. The van der Waals surface area contributed by atoms with Crippen LogP contribution in [0.4, 0.5) is 0 Å². The summed E-state index contributed by atoms with van der Waals surface area (Å²) in [6.45, 7) is 5.29. The summed E-state index contributed by atoms with van der Waals surface area (Å²) in [5.74, 6) is 0.859. The molecule has 0 aliphatic heterocycles. The van der Waals surface area contributed by atoms with Crippen LogP contribution in [0.5, 0.6) is 5.75 Å². The van der Waals surface area contributed by atoms with Gasteiger partial charge in [0.2, 0.25) is 0 Å². The molecule has 29 heavy (non-hydrogen) atoms. The van der Waals surface area contributed by atoms with Gasteiger partial charge in [-0.2, -0.15) is 5.26 Å². The van der Waals surface area contributed by atoms with Crippen molar-refractivity contribution in [3.8, 4) is 11.8 Å². The van der Waals surface area contributed by atoms with Crippen molar-refractivity contribution in [1.29, 1.82) is 5.26 Å². The molecule has 1 aromatic heterocycles. The number of amides is 1. The Labute approximate surface area is 171 Å². The van der Waals surface area contributed by atoms with Crippen LogP contribution >= 0.6 is 0 Å². The summed E-state index contributed by atoms with van der Waals surface area (Å²) in [5, 5.41) is 13.4. The van der Waals surface area contributed by atoms with Crippen LogP contribution in [0, 0.1) is 17.2 Å². The molecule has 0 fully saturated rings. The van der Waals surface area contributed by atoms with Gasteiger partial charge in [-0.05, 0) is 47.7 Å². The molecule has 5 nitrogen and oxygen atoms in total. The molecule has 5 heteroatoms. The molecular formula is C24H25N3O2. The van der Waals surface area contributed by atoms with E-state index in [0.29, 0.717) is 25.5 Å². The van der Waals surface area contributed by atoms with Gasteiger partial charge in [0.25, 0.3) is 5.91 Å².